The van der Waals surface area contributed by atoms with Gasteiger partial charge in [-0.1, -0.05) is 0 Å². The molecule has 1 nitrogen and oxygen atoms in total. The van der Waals surface area contributed by atoms with Gasteiger partial charge in [0.1, 0.15) is 0 Å². The van der Waals surface area contributed by atoms with Crippen LogP contribution in [-0.2, 0) is 0 Å². The molecule has 1 aliphatic heterocycles. The van der Waals surface area contributed by atoms with Crippen LogP contribution in [0.3, 0.4) is 0 Å². The number of hydrogen-bond acceptors (Lipinski definition) is 1. The minimum Gasteiger partial charge on any atom is -0.146 e. The zero-order valence-electron chi connectivity index (χ0n) is 4.23. The van der Waals surface area contributed by atoms with Gasteiger partial charge in [-0.15, -0.1) is 9.60 Å². The standard InChI is InChI=1S/C5H9FN/c6-7-4-2-1-3-5-7/h2H,1,3-5H2. The Balaban J connectivity index is 2.12. The summed E-state index contributed by atoms with van der Waals surface area (Å²) >= 11 is 0. The summed E-state index contributed by atoms with van der Waals surface area (Å²) in [6.07, 6.45) is 4.03. The summed E-state index contributed by atoms with van der Waals surface area (Å²) in [5.41, 5.74) is 0. The molecule has 0 atom stereocenters. The van der Waals surface area contributed by atoms with E-state index in [9.17, 15) is 4.48 Å². The summed E-state index contributed by atoms with van der Waals surface area (Å²) in [5.74, 6) is 0. The molecule has 0 aromatic carbocycles. The van der Waals surface area contributed by atoms with Crippen LogP contribution in [0.25, 0.3) is 0 Å². The van der Waals surface area contributed by atoms with E-state index in [0.29, 0.717) is 13.1 Å². The molecule has 1 rings (SSSR count). The van der Waals surface area contributed by atoms with Gasteiger partial charge in [0.2, 0.25) is 0 Å². The second-order valence-electron chi connectivity index (χ2n) is 1.80. The summed E-state index contributed by atoms with van der Waals surface area (Å²) in [7, 11) is 0. The van der Waals surface area contributed by atoms with Gasteiger partial charge in [-0.25, -0.2) is 0 Å². The number of nitrogens with zero attached hydrogens (tertiary/aromatic N) is 1. The van der Waals surface area contributed by atoms with Crippen molar-refractivity contribution in [3.63, 3.8) is 0 Å². The maximum absolute atomic E-state index is 12.0. The summed E-state index contributed by atoms with van der Waals surface area (Å²) in [4.78, 5) is 0. The van der Waals surface area contributed by atoms with Gasteiger partial charge in [-0.2, -0.15) is 0 Å². The molecule has 0 aromatic heterocycles. The summed E-state index contributed by atoms with van der Waals surface area (Å²) in [6, 6.07) is 0. The first-order valence-electron chi connectivity index (χ1n) is 2.62. The number of rotatable bonds is 0. The summed E-state index contributed by atoms with van der Waals surface area (Å²) in [6.45, 7) is 1.15. The quantitative estimate of drug-likeness (QED) is 0.415. The third-order valence-corrected chi connectivity index (χ3v) is 1.14. The molecule has 41 valence electrons. The molecule has 0 unspecified atom stereocenters. The van der Waals surface area contributed by atoms with Crippen molar-refractivity contribution >= 4 is 0 Å². The molecular formula is C5H9FN. The highest BCUT2D eigenvalue weighted by Crippen LogP contribution is 2.06. The normalized spacial score (nSPS) is 25.3. The van der Waals surface area contributed by atoms with Crippen molar-refractivity contribution in [1.82, 2.24) is 5.12 Å². The summed E-state index contributed by atoms with van der Waals surface area (Å²) < 4.78 is 12.0. The van der Waals surface area contributed by atoms with Gasteiger partial charge < -0.3 is 0 Å². The number of piperidine rings is 1. The van der Waals surface area contributed by atoms with Crippen LogP contribution in [0.15, 0.2) is 0 Å². The van der Waals surface area contributed by atoms with Crippen molar-refractivity contribution in [2.24, 2.45) is 0 Å². The molecule has 0 bridgehead atoms. The molecule has 1 fully saturated rings. The minimum absolute atomic E-state index is 0.528. The lowest BCUT2D eigenvalue weighted by Gasteiger charge is -2.15. The topological polar surface area (TPSA) is 3.24 Å². The van der Waals surface area contributed by atoms with E-state index >= 15 is 0 Å². The highest BCUT2D eigenvalue weighted by molar-refractivity contribution is 4.72. The minimum atomic E-state index is 0.528. The Kier molecular flexibility index (Phi) is 1.63. The number of hydrogen-bond donors (Lipinski definition) is 0. The molecule has 1 aliphatic rings. The van der Waals surface area contributed by atoms with Crippen molar-refractivity contribution in [3.05, 3.63) is 6.42 Å². The predicted molar refractivity (Wildman–Crippen MR) is 26.2 cm³/mol. The Hall–Kier alpha value is -0.110. The van der Waals surface area contributed by atoms with Crippen molar-refractivity contribution in [2.45, 2.75) is 12.8 Å². The van der Waals surface area contributed by atoms with E-state index in [4.69, 9.17) is 0 Å². The van der Waals surface area contributed by atoms with E-state index in [0.717, 1.165) is 18.0 Å². The zero-order chi connectivity index (χ0) is 5.11. The predicted octanol–water partition coefficient (Wildman–Crippen LogP) is 1.17. The lowest BCUT2D eigenvalue weighted by atomic mass is 10.2. The maximum atomic E-state index is 12.0. The fourth-order valence-corrected chi connectivity index (χ4v) is 0.730. The molecule has 7 heavy (non-hydrogen) atoms. The van der Waals surface area contributed by atoms with Crippen LogP contribution < -0.4 is 0 Å². The molecule has 0 aromatic rings. The van der Waals surface area contributed by atoms with Gasteiger partial charge in [-0.3, -0.25) is 0 Å². The summed E-state index contributed by atoms with van der Waals surface area (Å²) in [5, 5.41) is 0.837. The number of halogens is 1. The maximum Gasteiger partial charge on any atom is 0.0321 e. The van der Waals surface area contributed by atoms with E-state index < -0.39 is 0 Å². The monoisotopic (exact) mass is 102 g/mol. The van der Waals surface area contributed by atoms with Crippen LogP contribution in [0.2, 0.25) is 0 Å². The second kappa shape index (κ2) is 2.26. The molecule has 0 amide bonds. The molecule has 0 saturated carbocycles. The van der Waals surface area contributed by atoms with Gasteiger partial charge in [0.25, 0.3) is 0 Å². The Bertz CT molecular complexity index is 50.0. The van der Waals surface area contributed by atoms with E-state index in [1.165, 1.54) is 0 Å². The van der Waals surface area contributed by atoms with Gasteiger partial charge in [0.15, 0.2) is 0 Å². The largest absolute Gasteiger partial charge is 0.146 e. The Morgan fingerprint density at radius 2 is 2.43 bits per heavy atom. The zero-order valence-corrected chi connectivity index (χ0v) is 4.23. The SMILES string of the molecule is FN1C[CH]CCC1. The van der Waals surface area contributed by atoms with E-state index in [1.807, 2.05) is 6.42 Å². The smallest absolute Gasteiger partial charge is 0.0321 e. The molecule has 1 saturated heterocycles. The first kappa shape index (κ1) is 5.04. The first-order chi connectivity index (χ1) is 3.39. The highest BCUT2D eigenvalue weighted by Gasteiger charge is 2.06. The highest BCUT2D eigenvalue weighted by atomic mass is 19.2. The molecular weight excluding hydrogens is 93.1 g/mol. The van der Waals surface area contributed by atoms with Crippen molar-refractivity contribution in [1.29, 1.82) is 0 Å². The van der Waals surface area contributed by atoms with Gasteiger partial charge >= 0.3 is 0 Å². The van der Waals surface area contributed by atoms with Crippen LogP contribution in [0.5, 0.6) is 0 Å². The third kappa shape index (κ3) is 1.43. The van der Waals surface area contributed by atoms with Gasteiger partial charge in [0.05, 0.1) is 0 Å². The van der Waals surface area contributed by atoms with Crippen LogP contribution in [0.1, 0.15) is 12.8 Å². The molecule has 1 heterocycles. The molecule has 2 heteroatoms. The third-order valence-electron chi connectivity index (χ3n) is 1.14. The average Bonchev–Trinajstić information content (AvgIpc) is 1.69. The lowest BCUT2D eigenvalue weighted by Crippen LogP contribution is -2.21. The first-order valence-corrected chi connectivity index (χ1v) is 2.62. The Morgan fingerprint density at radius 3 is 2.71 bits per heavy atom. The van der Waals surface area contributed by atoms with Crippen molar-refractivity contribution in [3.8, 4) is 0 Å². The average molecular weight is 102 g/mol. The lowest BCUT2D eigenvalue weighted by molar-refractivity contribution is 0.0223. The van der Waals surface area contributed by atoms with Crippen molar-refractivity contribution in [2.75, 3.05) is 13.1 Å². The van der Waals surface area contributed by atoms with E-state index in [-0.39, 0.29) is 0 Å². The van der Waals surface area contributed by atoms with Gasteiger partial charge in [-0.05, 0) is 19.3 Å². The van der Waals surface area contributed by atoms with Gasteiger partial charge in [0, 0.05) is 13.1 Å². The second-order valence-corrected chi connectivity index (χ2v) is 1.80. The molecule has 0 spiro atoms. The van der Waals surface area contributed by atoms with Crippen molar-refractivity contribution < 1.29 is 4.48 Å². The van der Waals surface area contributed by atoms with Crippen LogP contribution >= 0.6 is 0 Å². The molecule has 1 radical (unpaired) electrons. The fourth-order valence-electron chi connectivity index (χ4n) is 0.730. The van der Waals surface area contributed by atoms with E-state index in [1.54, 1.807) is 0 Å². The van der Waals surface area contributed by atoms with Crippen LogP contribution in [0.4, 0.5) is 4.48 Å². The van der Waals surface area contributed by atoms with E-state index in [2.05, 4.69) is 0 Å². The molecule has 0 aliphatic carbocycles. The van der Waals surface area contributed by atoms with Crippen LogP contribution in [-0.4, -0.2) is 18.2 Å². The molecule has 0 N–H and O–H groups in total. The Morgan fingerprint density at radius 1 is 1.57 bits per heavy atom. The fraction of sp³-hybridized carbons (Fsp3) is 0.800. The van der Waals surface area contributed by atoms with Crippen LogP contribution in [0, 0.1) is 6.42 Å². The Labute approximate surface area is 43.1 Å².